The van der Waals surface area contributed by atoms with Crippen molar-refractivity contribution in [2.45, 2.75) is 53.1 Å². The first-order valence-corrected chi connectivity index (χ1v) is 9.65. The van der Waals surface area contributed by atoms with Crippen molar-refractivity contribution in [2.24, 2.45) is 5.92 Å². The zero-order valence-electron chi connectivity index (χ0n) is 16.7. The van der Waals surface area contributed by atoms with Gasteiger partial charge in [-0.1, -0.05) is 26.7 Å². The molecule has 9 heteroatoms. The second-order valence-corrected chi connectivity index (χ2v) is 7.03. The molecule has 2 rings (SSSR count). The third-order valence-electron chi connectivity index (χ3n) is 5.44. The number of carbonyl (C=O) groups is 1. The fourth-order valence-electron chi connectivity index (χ4n) is 3.85. The molecule has 1 N–H and O–H groups in total. The zero-order valence-corrected chi connectivity index (χ0v) is 16.7. The molecule has 0 aliphatic carbocycles. The van der Waals surface area contributed by atoms with Gasteiger partial charge in [-0.05, 0) is 19.8 Å². The predicted octanol–water partition coefficient (Wildman–Crippen LogP) is 1.66. The Morgan fingerprint density at radius 1 is 1.30 bits per heavy atom. The van der Waals surface area contributed by atoms with Crippen LogP contribution in [0.5, 0.6) is 0 Å². The minimum Gasteiger partial charge on any atom is -0.379 e. The molecule has 0 radical (unpaired) electrons. The highest BCUT2D eigenvalue weighted by molar-refractivity contribution is 5.75. The fourth-order valence-corrected chi connectivity index (χ4v) is 3.85. The molecule has 9 nitrogen and oxygen atoms in total. The maximum absolute atomic E-state index is 12.5. The molecule has 1 aliphatic rings. The van der Waals surface area contributed by atoms with Crippen molar-refractivity contribution < 1.29 is 14.5 Å². The van der Waals surface area contributed by atoms with Gasteiger partial charge in [0.1, 0.15) is 17.9 Å². The van der Waals surface area contributed by atoms with Crippen molar-refractivity contribution in [3.05, 3.63) is 21.5 Å². The predicted molar refractivity (Wildman–Crippen MR) is 102 cm³/mol. The lowest BCUT2D eigenvalue weighted by atomic mass is 9.92. The minimum atomic E-state index is -0.451. The Morgan fingerprint density at radius 2 is 1.93 bits per heavy atom. The molecule has 2 heterocycles. The van der Waals surface area contributed by atoms with Gasteiger partial charge >= 0.3 is 5.69 Å². The number of hydrogen-bond acceptors (Lipinski definition) is 6. The largest absolute Gasteiger partial charge is 0.379 e. The van der Waals surface area contributed by atoms with E-state index < -0.39 is 4.92 Å². The Labute approximate surface area is 160 Å². The minimum absolute atomic E-state index is 0.0146. The van der Waals surface area contributed by atoms with Gasteiger partial charge < -0.3 is 10.1 Å². The summed E-state index contributed by atoms with van der Waals surface area (Å²) in [6.45, 7) is 11.3. The number of nitrogens with one attached hydrogen (secondary N) is 1. The highest BCUT2D eigenvalue weighted by Crippen LogP contribution is 2.22. The summed E-state index contributed by atoms with van der Waals surface area (Å²) in [5.41, 5.74) is 0.705. The van der Waals surface area contributed by atoms with E-state index >= 15 is 0 Å². The quantitative estimate of drug-likeness (QED) is 0.515. The standard InChI is InChI=1S/C18H31N5O4/c1-5-15(6-2)16(21-7-9-27-10-8-21)11-19-17(24)12-22-14(4)18(23(25)26)13(3)20-22/h15-16H,5-12H2,1-4H3,(H,19,24). The number of ether oxygens (including phenoxy) is 1. The van der Waals surface area contributed by atoms with E-state index in [4.69, 9.17) is 4.74 Å². The van der Waals surface area contributed by atoms with Gasteiger partial charge in [-0.25, -0.2) is 0 Å². The van der Waals surface area contributed by atoms with Crippen molar-refractivity contribution in [3.63, 3.8) is 0 Å². The molecule has 0 saturated carbocycles. The fraction of sp³-hybridized carbons (Fsp3) is 0.778. The number of hydrogen-bond donors (Lipinski definition) is 1. The van der Waals surface area contributed by atoms with Crippen LogP contribution in [0.1, 0.15) is 38.1 Å². The Hall–Kier alpha value is -2.00. The lowest BCUT2D eigenvalue weighted by Crippen LogP contribution is -2.52. The number of aromatic nitrogens is 2. The van der Waals surface area contributed by atoms with E-state index in [-0.39, 0.29) is 24.2 Å². The SMILES string of the molecule is CCC(CC)C(CNC(=O)Cn1nc(C)c([N+](=O)[O-])c1C)N1CCOCC1. The molecule has 1 aromatic rings. The average molecular weight is 381 g/mol. The third-order valence-corrected chi connectivity index (χ3v) is 5.44. The van der Waals surface area contributed by atoms with Crippen LogP contribution in [-0.4, -0.2) is 64.4 Å². The van der Waals surface area contributed by atoms with E-state index in [0.717, 1.165) is 39.1 Å². The Kier molecular flexibility index (Phi) is 7.73. The van der Waals surface area contributed by atoms with E-state index in [1.54, 1.807) is 13.8 Å². The molecular formula is C18H31N5O4. The van der Waals surface area contributed by atoms with Crippen LogP contribution in [0.25, 0.3) is 0 Å². The summed E-state index contributed by atoms with van der Waals surface area (Å²) >= 11 is 0. The maximum Gasteiger partial charge on any atom is 0.312 e. The van der Waals surface area contributed by atoms with Crippen LogP contribution in [0.3, 0.4) is 0 Å². The molecule has 1 aliphatic heterocycles. The number of morpholine rings is 1. The topological polar surface area (TPSA) is 103 Å². The summed E-state index contributed by atoms with van der Waals surface area (Å²) in [4.78, 5) is 25.5. The monoisotopic (exact) mass is 381 g/mol. The summed E-state index contributed by atoms with van der Waals surface area (Å²) in [6, 6.07) is 0.266. The molecule has 0 spiro atoms. The summed E-state index contributed by atoms with van der Waals surface area (Å²) in [7, 11) is 0. The van der Waals surface area contributed by atoms with E-state index in [0.29, 0.717) is 23.9 Å². The molecule has 1 aromatic heterocycles. The van der Waals surface area contributed by atoms with Gasteiger partial charge in [-0.2, -0.15) is 5.10 Å². The smallest absolute Gasteiger partial charge is 0.312 e. The zero-order chi connectivity index (χ0) is 20.0. The number of aryl methyl sites for hydroxylation is 1. The summed E-state index contributed by atoms with van der Waals surface area (Å²) < 4.78 is 6.86. The molecule has 1 atom stereocenters. The normalized spacial score (nSPS) is 16.5. The van der Waals surface area contributed by atoms with Crippen molar-refractivity contribution in [1.29, 1.82) is 0 Å². The van der Waals surface area contributed by atoms with Crippen LogP contribution in [0.2, 0.25) is 0 Å². The highest BCUT2D eigenvalue weighted by Gasteiger charge is 2.28. The van der Waals surface area contributed by atoms with Crippen LogP contribution < -0.4 is 5.32 Å². The summed E-state index contributed by atoms with van der Waals surface area (Å²) in [5.74, 6) is 0.317. The molecular weight excluding hydrogens is 350 g/mol. The Balaban J connectivity index is 2.01. The molecule has 1 amide bonds. The van der Waals surface area contributed by atoms with Crippen molar-refractivity contribution in [1.82, 2.24) is 20.0 Å². The van der Waals surface area contributed by atoms with Crippen LogP contribution in [0.4, 0.5) is 5.69 Å². The molecule has 0 aromatic carbocycles. The number of nitro groups is 1. The van der Waals surface area contributed by atoms with Crippen LogP contribution in [0.15, 0.2) is 0 Å². The van der Waals surface area contributed by atoms with Crippen molar-refractivity contribution >= 4 is 11.6 Å². The lowest BCUT2D eigenvalue weighted by Gasteiger charge is -2.38. The van der Waals surface area contributed by atoms with Crippen molar-refractivity contribution in [3.8, 4) is 0 Å². The van der Waals surface area contributed by atoms with E-state index in [1.807, 2.05) is 0 Å². The number of amides is 1. The van der Waals surface area contributed by atoms with Gasteiger partial charge in [0.15, 0.2) is 0 Å². The van der Waals surface area contributed by atoms with Gasteiger partial charge in [0.25, 0.3) is 0 Å². The van der Waals surface area contributed by atoms with Gasteiger partial charge in [0, 0.05) is 25.7 Å². The highest BCUT2D eigenvalue weighted by atomic mass is 16.6. The summed E-state index contributed by atoms with van der Waals surface area (Å²) in [6.07, 6.45) is 2.11. The Morgan fingerprint density at radius 3 is 2.44 bits per heavy atom. The van der Waals surface area contributed by atoms with Crippen molar-refractivity contribution in [2.75, 3.05) is 32.8 Å². The average Bonchev–Trinajstić information content (AvgIpc) is 2.92. The van der Waals surface area contributed by atoms with Crippen LogP contribution in [0, 0.1) is 29.9 Å². The number of rotatable bonds is 9. The first-order valence-electron chi connectivity index (χ1n) is 9.65. The van der Waals surface area contributed by atoms with Crippen LogP contribution >= 0.6 is 0 Å². The van der Waals surface area contributed by atoms with Crippen LogP contribution in [-0.2, 0) is 16.1 Å². The van der Waals surface area contributed by atoms with E-state index in [9.17, 15) is 14.9 Å². The lowest BCUT2D eigenvalue weighted by molar-refractivity contribution is -0.386. The summed E-state index contributed by atoms with van der Waals surface area (Å²) in [5, 5.41) is 18.3. The number of carbonyl (C=O) groups excluding carboxylic acids is 1. The Bertz CT molecular complexity index is 650. The molecule has 1 saturated heterocycles. The maximum atomic E-state index is 12.5. The second-order valence-electron chi connectivity index (χ2n) is 7.03. The second kappa shape index (κ2) is 9.80. The molecule has 152 valence electrons. The van der Waals surface area contributed by atoms with E-state index in [1.165, 1.54) is 4.68 Å². The number of nitrogens with zero attached hydrogens (tertiary/aromatic N) is 4. The first-order chi connectivity index (χ1) is 12.9. The van der Waals surface area contributed by atoms with Gasteiger partial charge in [0.2, 0.25) is 5.91 Å². The third kappa shape index (κ3) is 5.26. The van der Waals surface area contributed by atoms with Gasteiger partial charge in [0.05, 0.1) is 18.1 Å². The van der Waals surface area contributed by atoms with Gasteiger partial charge in [-0.15, -0.1) is 0 Å². The van der Waals surface area contributed by atoms with Gasteiger partial charge in [-0.3, -0.25) is 24.5 Å². The first kappa shape index (κ1) is 21.3. The molecule has 27 heavy (non-hydrogen) atoms. The molecule has 1 unspecified atom stereocenters. The molecule has 1 fully saturated rings. The van der Waals surface area contributed by atoms with E-state index in [2.05, 4.69) is 29.2 Å². The molecule has 0 bridgehead atoms.